The van der Waals surface area contributed by atoms with Crippen molar-refractivity contribution in [2.24, 2.45) is 4.99 Å². The molecular formula is C24H36N6O. The van der Waals surface area contributed by atoms with Gasteiger partial charge in [-0.3, -0.25) is 4.99 Å². The molecule has 168 valence electrons. The van der Waals surface area contributed by atoms with E-state index >= 15 is 0 Å². The molecule has 0 atom stereocenters. The summed E-state index contributed by atoms with van der Waals surface area (Å²) >= 11 is 0. The van der Waals surface area contributed by atoms with E-state index in [4.69, 9.17) is 4.74 Å². The highest BCUT2D eigenvalue weighted by atomic mass is 16.5. The number of aryl methyl sites for hydroxylation is 1. The lowest BCUT2D eigenvalue weighted by molar-refractivity contribution is 0.270. The van der Waals surface area contributed by atoms with Crippen LogP contribution in [0.5, 0.6) is 5.75 Å². The van der Waals surface area contributed by atoms with Gasteiger partial charge in [-0.25, -0.2) is 4.98 Å². The maximum absolute atomic E-state index is 5.77. The summed E-state index contributed by atoms with van der Waals surface area (Å²) in [6, 6.07) is 10.5. The first-order valence-electron chi connectivity index (χ1n) is 11.2. The minimum Gasteiger partial charge on any atom is -0.494 e. The maximum Gasteiger partial charge on any atom is 0.191 e. The Kier molecular flexibility index (Phi) is 8.53. The van der Waals surface area contributed by atoms with Crippen molar-refractivity contribution in [2.45, 2.75) is 33.9 Å². The fraction of sp³-hybridized carbons (Fsp3) is 0.500. The van der Waals surface area contributed by atoms with Crippen LogP contribution < -0.4 is 20.3 Å². The molecule has 0 aliphatic carbocycles. The molecular weight excluding hydrogens is 388 g/mol. The minimum absolute atomic E-state index is 0.649. The molecule has 7 nitrogen and oxygen atoms in total. The van der Waals surface area contributed by atoms with Gasteiger partial charge >= 0.3 is 0 Å². The van der Waals surface area contributed by atoms with Crippen LogP contribution >= 0.6 is 0 Å². The van der Waals surface area contributed by atoms with Crippen molar-refractivity contribution in [1.82, 2.24) is 20.5 Å². The van der Waals surface area contributed by atoms with Crippen molar-refractivity contribution in [3.8, 4) is 5.75 Å². The number of pyridine rings is 1. The van der Waals surface area contributed by atoms with Crippen LogP contribution in [0.25, 0.3) is 0 Å². The van der Waals surface area contributed by atoms with Crippen LogP contribution in [0.3, 0.4) is 0 Å². The molecule has 0 spiro atoms. The van der Waals surface area contributed by atoms with Crippen molar-refractivity contribution in [3.63, 3.8) is 0 Å². The first kappa shape index (κ1) is 22.9. The predicted molar refractivity (Wildman–Crippen MR) is 128 cm³/mol. The third-order valence-electron chi connectivity index (χ3n) is 5.60. The van der Waals surface area contributed by atoms with E-state index in [1.807, 2.05) is 13.1 Å². The van der Waals surface area contributed by atoms with Gasteiger partial charge in [0.15, 0.2) is 5.96 Å². The molecule has 1 aliphatic heterocycles. The maximum atomic E-state index is 5.77. The molecule has 0 saturated carbocycles. The summed E-state index contributed by atoms with van der Waals surface area (Å²) in [5, 5.41) is 6.74. The third-order valence-corrected chi connectivity index (χ3v) is 5.60. The van der Waals surface area contributed by atoms with Crippen LogP contribution in [-0.2, 0) is 13.1 Å². The van der Waals surface area contributed by atoms with Crippen molar-refractivity contribution in [2.75, 3.05) is 51.3 Å². The molecule has 2 aromatic rings. The molecule has 2 heterocycles. The Labute approximate surface area is 186 Å². The van der Waals surface area contributed by atoms with Crippen LogP contribution in [0.15, 0.2) is 41.5 Å². The SMILES string of the molecule is CCOc1cc(C)ccc1CNC(=NC)NCc1ccc(N2CCN(CC)CC2)nc1. The molecule has 0 amide bonds. The number of nitrogens with zero attached hydrogens (tertiary/aromatic N) is 4. The number of rotatable bonds is 8. The topological polar surface area (TPSA) is 65.0 Å². The van der Waals surface area contributed by atoms with Gasteiger partial charge in [0.2, 0.25) is 0 Å². The van der Waals surface area contributed by atoms with Crippen LogP contribution in [0.2, 0.25) is 0 Å². The molecule has 3 rings (SSSR count). The number of aliphatic imine (C=N–C) groups is 1. The highest BCUT2D eigenvalue weighted by Crippen LogP contribution is 2.20. The van der Waals surface area contributed by atoms with E-state index in [0.717, 1.165) is 61.4 Å². The van der Waals surface area contributed by atoms with E-state index < -0.39 is 0 Å². The molecule has 7 heteroatoms. The molecule has 0 radical (unpaired) electrons. The summed E-state index contributed by atoms with van der Waals surface area (Å²) in [7, 11) is 1.78. The van der Waals surface area contributed by atoms with Crippen molar-refractivity contribution >= 4 is 11.8 Å². The van der Waals surface area contributed by atoms with Crippen molar-refractivity contribution in [3.05, 3.63) is 53.2 Å². The molecule has 0 bridgehead atoms. The number of likely N-dealkylation sites (N-methyl/N-ethyl adjacent to an activating group) is 1. The number of nitrogens with one attached hydrogen (secondary N) is 2. The summed E-state index contributed by atoms with van der Waals surface area (Å²) in [5.74, 6) is 2.73. The van der Waals surface area contributed by atoms with E-state index in [9.17, 15) is 0 Å². The van der Waals surface area contributed by atoms with Crippen LogP contribution in [-0.4, -0.2) is 62.2 Å². The molecule has 2 N–H and O–H groups in total. The first-order chi connectivity index (χ1) is 15.1. The fourth-order valence-electron chi connectivity index (χ4n) is 3.68. The summed E-state index contributed by atoms with van der Waals surface area (Å²) in [6.07, 6.45) is 1.95. The Morgan fingerprint density at radius 2 is 1.84 bits per heavy atom. The Hall–Kier alpha value is -2.80. The molecule has 1 aromatic carbocycles. The number of piperazine rings is 1. The average Bonchev–Trinajstić information content (AvgIpc) is 2.81. The number of hydrogen-bond donors (Lipinski definition) is 2. The van der Waals surface area contributed by atoms with E-state index in [0.29, 0.717) is 19.7 Å². The van der Waals surface area contributed by atoms with E-state index in [1.54, 1.807) is 7.05 Å². The quantitative estimate of drug-likeness (QED) is 0.502. The van der Waals surface area contributed by atoms with Gasteiger partial charge in [-0.05, 0) is 43.7 Å². The number of benzene rings is 1. The van der Waals surface area contributed by atoms with Crippen molar-refractivity contribution < 1.29 is 4.74 Å². The molecule has 1 aromatic heterocycles. The van der Waals surface area contributed by atoms with Gasteiger partial charge < -0.3 is 25.2 Å². The predicted octanol–water partition coefficient (Wildman–Crippen LogP) is 2.80. The van der Waals surface area contributed by atoms with Gasteiger partial charge in [-0.1, -0.05) is 25.1 Å². The van der Waals surface area contributed by atoms with Gasteiger partial charge in [0, 0.05) is 58.1 Å². The Morgan fingerprint density at radius 1 is 1.06 bits per heavy atom. The van der Waals surface area contributed by atoms with Crippen LogP contribution in [0.4, 0.5) is 5.82 Å². The largest absolute Gasteiger partial charge is 0.494 e. The molecule has 0 unspecified atom stereocenters. The lowest BCUT2D eigenvalue weighted by Gasteiger charge is -2.34. The van der Waals surface area contributed by atoms with Gasteiger partial charge in [-0.15, -0.1) is 0 Å². The number of ether oxygens (including phenoxy) is 1. The summed E-state index contributed by atoms with van der Waals surface area (Å²) in [4.78, 5) is 13.9. The zero-order valence-corrected chi connectivity index (χ0v) is 19.3. The summed E-state index contributed by atoms with van der Waals surface area (Å²) < 4.78 is 5.77. The molecule has 1 saturated heterocycles. The highest BCUT2D eigenvalue weighted by molar-refractivity contribution is 5.79. The second-order valence-electron chi connectivity index (χ2n) is 7.77. The van der Waals surface area contributed by atoms with E-state index in [-0.39, 0.29) is 0 Å². The lowest BCUT2D eigenvalue weighted by atomic mass is 10.1. The fourth-order valence-corrected chi connectivity index (χ4v) is 3.68. The summed E-state index contributed by atoms with van der Waals surface area (Å²) in [5.41, 5.74) is 3.44. The normalized spacial score (nSPS) is 15.1. The Bertz CT molecular complexity index is 844. The minimum atomic E-state index is 0.649. The molecule has 1 fully saturated rings. The van der Waals surface area contributed by atoms with Gasteiger partial charge in [0.05, 0.1) is 6.61 Å². The highest BCUT2D eigenvalue weighted by Gasteiger charge is 2.16. The first-order valence-corrected chi connectivity index (χ1v) is 11.2. The third kappa shape index (κ3) is 6.59. The van der Waals surface area contributed by atoms with Crippen molar-refractivity contribution in [1.29, 1.82) is 0 Å². The van der Waals surface area contributed by atoms with Gasteiger partial charge in [0.1, 0.15) is 11.6 Å². The van der Waals surface area contributed by atoms with E-state index in [1.165, 1.54) is 5.56 Å². The van der Waals surface area contributed by atoms with Crippen LogP contribution in [0.1, 0.15) is 30.5 Å². The molecule has 31 heavy (non-hydrogen) atoms. The Balaban J connectivity index is 1.50. The van der Waals surface area contributed by atoms with Gasteiger partial charge in [-0.2, -0.15) is 0 Å². The second kappa shape index (κ2) is 11.6. The smallest absolute Gasteiger partial charge is 0.191 e. The number of hydrogen-bond acceptors (Lipinski definition) is 5. The second-order valence-corrected chi connectivity index (χ2v) is 7.77. The standard InChI is InChI=1S/C24H36N6O/c1-5-29-11-13-30(14-12-29)23-10-8-20(16-26-23)17-27-24(25-4)28-18-21-9-7-19(3)15-22(21)31-6-2/h7-10,15-16H,5-6,11-14,17-18H2,1-4H3,(H2,25,27,28). The monoisotopic (exact) mass is 424 g/mol. The average molecular weight is 425 g/mol. The summed E-state index contributed by atoms with van der Waals surface area (Å²) in [6.45, 7) is 13.7. The van der Waals surface area contributed by atoms with Crippen LogP contribution in [0, 0.1) is 6.92 Å². The lowest BCUT2D eigenvalue weighted by Crippen LogP contribution is -2.46. The molecule has 1 aliphatic rings. The zero-order valence-electron chi connectivity index (χ0n) is 19.3. The number of anilines is 1. The Morgan fingerprint density at radius 3 is 2.48 bits per heavy atom. The zero-order chi connectivity index (χ0) is 22.1. The number of aromatic nitrogens is 1. The number of guanidine groups is 1. The van der Waals surface area contributed by atoms with E-state index in [2.05, 4.69) is 74.6 Å². The van der Waals surface area contributed by atoms with Gasteiger partial charge in [0.25, 0.3) is 0 Å².